The van der Waals surface area contributed by atoms with Gasteiger partial charge in [-0.15, -0.1) is 0 Å². The van der Waals surface area contributed by atoms with Crippen LogP contribution in [-0.4, -0.2) is 16.9 Å². The van der Waals surface area contributed by atoms with Crippen LogP contribution in [0.5, 0.6) is 5.75 Å². The van der Waals surface area contributed by atoms with Crippen LogP contribution >= 0.6 is 0 Å². The molecule has 0 heterocycles. The minimum atomic E-state index is -0.271. The Bertz CT molecular complexity index is 909. The van der Waals surface area contributed by atoms with Crippen LogP contribution in [0, 0.1) is 0 Å². The molecule has 5 nitrogen and oxygen atoms in total. The molecule has 2 aromatic rings. The van der Waals surface area contributed by atoms with Crippen LogP contribution in [0.25, 0.3) is 5.57 Å². The molecule has 0 radical (unpaired) electrons. The van der Waals surface area contributed by atoms with Gasteiger partial charge in [-0.3, -0.25) is 9.59 Å². The van der Waals surface area contributed by atoms with Crippen molar-refractivity contribution >= 4 is 28.8 Å². The molecule has 2 rings (SSSR count). The van der Waals surface area contributed by atoms with E-state index in [1.165, 1.54) is 6.92 Å². The number of benzene rings is 2. The molecule has 0 aliphatic carbocycles. The minimum absolute atomic E-state index is 0.178. The topological polar surface area (TPSA) is 78.4 Å². The van der Waals surface area contributed by atoms with Gasteiger partial charge >= 0.3 is 0 Å². The van der Waals surface area contributed by atoms with Gasteiger partial charge in [0, 0.05) is 23.9 Å². The maximum absolute atomic E-state index is 12.5. The van der Waals surface area contributed by atoms with Gasteiger partial charge in [0.05, 0.1) is 0 Å². The van der Waals surface area contributed by atoms with Crippen molar-refractivity contribution in [3.8, 4) is 5.75 Å². The van der Waals surface area contributed by atoms with E-state index in [2.05, 4.69) is 17.2 Å². The van der Waals surface area contributed by atoms with Crippen LogP contribution in [0.2, 0.25) is 0 Å². The molecule has 0 saturated heterocycles. The van der Waals surface area contributed by atoms with Crippen LogP contribution in [0.3, 0.4) is 0 Å². The van der Waals surface area contributed by atoms with E-state index in [0.717, 1.165) is 11.1 Å². The predicted molar refractivity (Wildman–Crippen MR) is 109 cm³/mol. The molecule has 0 unspecified atom stereocenters. The molecule has 0 aliphatic rings. The first-order chi connectivity index (χ1) is 12.9. The van der Waals surface area contributed by atoms with Crippen LogP contribution in [0.15, 0.2) is 78.9 Å². The summed E-state index contributed by atoms with van der Waals surface area (Å²) in [4.78, 5) is 23.6. The maximum Gasteiger partial charge on any atom is 0.255 e. The molecular formula is C22H22N2O3. The summed E-state index contributed by atoms with van der Waals surface area (Å²) in [6, 6.07) is 13.6. The monoisotopic (exact) mass is 362 g/mol. The van der Waals surface area contributed by atoms with Gasteiger partial charge in [0.2, 0.25) is 5.91 Å². The van der Waals surface area contributed by atoms with E-state index in [1.54, 1.807) is 73.7 Å². The molecule has 0 fully saturated rings. The van der Waals surface area contributed by atoms with E-state index in [4.69, 9.17) is 0 Å². The smallest absolute Gasteiger partial charge is 0.255 e. The zero-order valence-electron chi connectivity index (χ0n) is 15.3. The van der Waals surface area contributed by atoms with Crippen molar-refractivity contribution in [2.45, 2.75) is 13.8 Å². The standard InChI is InChI=1S/C22H22N2O3/c1-4-17(9-8-15(2)18-10-12-21(26)13-11-18)22(27)24-20-7-5-6-19(14-20)23-16(3)25/h4-14,26H,2H2,1,3H3,(H,23,25)(H,24,27)/b9-8-,17-4+. The summed E-state index contributed by atoms with van der Waals surface area (Å²) in [5.41, 5.74) is 3.23. The number of phenolic OH excluding ortho intramolecular Hbond substituents is 1. The summed E-state index contributed by atoms with van der Waals surface area (Å²) in [6.45, 7) is 7.18. The van der Waals surface area contributed by atoms with Gasteiger partial charge in [-0.2, -0.15) is 0 Å². The van der Waals surface area contributed by atoms with Gasteiger partial charge in [-0.05, 0) is 54.5 Å². The first-order valence-electron chi connectivity index (χ1n) is 8.40. The Kier molecular flexibility index (Phi) is 6.72. The summed E-state index contributed by atoms with van der Waals surface area (Å²) in [6.07, 6.45) is 5.13. The van der Waals surface area contributed by atoms with Crippen molar-refractivity contribution < 1.29 is 14.7 Å². The summed E-state index contributed by atoms with van der Waals surface area (Å²) in [5.74, 6) is -0.263. The molecule has 5 heteroatoms. The molecule has 0 aliphatic heterocycles. The molecule has 0 bridgehead atoms. The zero-order valence-corrected chi connectivity index (χ0v) is 15.3. The molecule has 138 valence electrons. The van der Waals surface area contributed by atoms with Crippen LogP contribution in [0.4, 0.5) is 11.4 Å². The number of nitrogens with one attached hydrogen (secondary N) is 2. The van der Waals surface area contributed by atoms with Crippen LogP contribution < -0.4 is 10.6 Å². The number of rotatable bonds is 6. The largest absolute Gasteiger partial charge is 0.508 e. The molecule has 2 amide bonds. The molecule has 0 atom stereocenters. The van der Waals surface area contributed by atoms with Crippen molar-refractivity contribution in [2.75, 3.05) is 10.6 Å². The summed E-state index contributed by atoms with van der Waals surface area (Å²) >= 11 is 0. The Morgan fingerprint density at radius 2 is 1.63 bits per heavy atom. The van der Waals surface area contributed by atoms with Gasteiger partial charge in [0.1, 0.15) is 5.75 Å². The van der Waals surface area contributed by atoms with E-state index < -0.39 is 0 Å². The Balaban J connectivity index is 2.06. The lowest BCUT2D eigenvalue weighted by atomic mass is 10.1. The van der Waals surface area contributed by atoms with Crippen molar-refractivity contribution in [3.05, 3.63) is 84.5 Å². The van der Waals surface area contributed by atoms with E-state index in [9.17, 15) is 14.7 Å². The average molecular weight is 362 g/mol. The zero-order chi connectivity index (χ0) is 19.8. The highest BCUT2D eigenvalue weighted by atomic mass is 16.3. The minimum Gasteiger partial charge on any atom is -0.508 e. The van der Waals surface area contributed by atoms with E-state index >= 15 is 0 Å². The second-order valence-corrected chi connectivity index (χ2v) is 5.87. The van der Waals surface area contributed by atoms with Crippen molar-refractivity contribution in [1.29, 1.82) is 0 Å². The van der Waals surface area contributed by atoms with Crippen molar-refractivity contribution in [1.82, 2.24) is 0 Å². The number of hydrogen-bond donors (Lipinski definition) is 3. The number of anilines is 2. The number of carbonyl (C=O) groups excluding carboxylic acids is 2. The third kappa shape index (κ3) is 6.01. The third-order valence-corrected chi connectivity index (χ3v) is 3.72. The highest BCUT2D eigenvalue weighted by Crippen LogP contribution is 2.19. The quantitative estimate of drug-likeness (QED) is 0.523. The molecular weight excluding hydrogens is 340 g/mol. The summed E-state index contributed by atoms with van der Waals surface area (Å²) in [5, 5.41) is 14.8. The number of phenols is 1. The molecule has 27 heavy (non-hydrogen) atoms. The Labute approximate surface area is 158 Å². The van der Waals surface area contributed by atoms with Gasteiger partial charge in [0.25, 0.3) is 5.91 Å². The lowest BCUT2D eigenvalue weighted by Gasteiger charge is -2.08. The number of hydrogen-bond acceptors (Lipinski definition) is 3. The Morgan fingerprint density at radius 3 is 2.22 bits per heavy atom. The first-order valence-corrected chi connectivity index (χ1v) is 8.40. The normalized spacial score (nSPS) is 11.3. The lowest BCUT2D eigenvalue weighted by Crippen LogP contribution is -2.13. The van der Waals surface area contributed by atoms with Crippen molar-refractivity contribution in [2.24, 2.45) is 0 Å². The summed E-state index contributed by atoms with van der Waals surface area (Å²) in [7, 11) is 0. The fourth-order valence-corrected chi connectivity index (χ4v) is 2.35. The molecule has 0 aromatic heterocycles. The molecule has 2 aromatic carbocycles. The van der Waals surface area contributed by atoms with Crippen LogP contribution in [0.1, 0.15) is 19.4 Å². The Hall–Kier alpha value is -3.60. The number of carbonyl (C=O) groups is 2. The first kappa shape index (κ1) is 19.7. The van der Waals surface area contributed by atoms with Crippen LogP contribution in [-0.2, 0) is 9.59 Å². The van der Waals surface area contributed by atoms with E-state index in [1.807, 2.05) is 0 Å². The number of aromatic hydroxyl groups is 1. The lowest BCUT2D eigenvalue weighted by molar-refractivity contribution is -0.114. The Morgan fingerprint density at radius 1 is 1.00 bits per heavy atom. The highest BCUT2D eigenvalue weighted by molar-refractivity contribution is 6.06. The number of allylic oxidation sites excluding steroid dienone is 3. The van der Waals surface area contributed by atoms with Gasteiger partial charge in [-0.1, -0.05) is 36.9 Å². The predicted octanol–water partition coefficient (Wildman–Crippen LogP) is 4.51. The second kappa shape index (κ2) is 9.20. The highest BCUT2D eigenvalue weighted by Gasteiger charge is 2.07. The molecule has 0 saturated carbocycles. The number of amides is 2. The maximum atomic E-state index is 12.5. The molecule has 3 N–H and O–H groups in total. The average Bonchev–Trinajstić information content (AvgIpc) is 2.62. The third-order valence-electron chi connectivity index (χ3n) is 3.72. The van der Waals surface area contributed by atoms with E-state index in [-0.39, 0.29) is 17.6 Å². The van der Waals surface area contributed by atoms with E-state index in [0.29, 0.717) is 16.9 Å². The fraction of sp³-hybridized carbons (Fsp3) is 0.0909. The fourth-order valence-electron chi connectivity index (χ4n) is 2.35. The van der Waals surface area contributed by atoms with Gasteiger partial charge < -0.3 is 15.7 Å². The van der Waals surface area contributed by atoms with Gasteiger partial charge in [-0.25, -0.2) is 0 Å². The molecule has 0 spiro atoms. The summed E-state index contributed by atoms with van der Waals surface area (Å²) < 4.78 is 0. The second-order valence-electron chi connectivity index (χ2n) is 5.87. The SMILES string of the molecule is C=C(/C=C\C(=C/C)C(=O)Nc1cccc(NC(C)=O)c1)c1ccc(O)cc1. The van der Waals surface area contributed by atoms with Crippen molar-refractivity contribution in [3.63, 3.8) is 0 Å². The van der Waals surface area contributed by atoms with Gasteiger partial charge in [0.15, 0.2) is 0 Å².